The summed E-state index contributed by atoms with van der Waals surface area (Å²) in [7, 11) is 0. The van der Waals surface area contributed by atoms with Crippen molar-refractivity contribution in [1.29, 1.82) is 0 Å². The second kappa shape index (κ2) is 9.85. The van der Waals surface area contributed by atoms with Crippen LogP contribution in [0.4, 0.5) is 0 Å². The predicted molar refractivity (Wildman–Crippen MR) is 96.8 cm³/mol. The standard InChI is InChI=1S/C16H18N2S.C3H5.Pt/c1-11(17)10-12-6-5-7-13(18-12)14-8-9-15(19-14)16(2,3)4;1-3-2;/h5-7,9,17H,1,10H2,2-4H3;1H2,2H3;/q-2;-1;. The molecule has 0 aliphatic carbocycles. The molecule has 0 aliphatic heterocycles. The number of pyridine rings is 1. The molecule has 1 N–H and O–H groups in total. The number of aromatic nitrogens is 1. The Bertz CT molecular complexity index is 639. The third-order valence-electron chi connectivity index (χ3n) is 2.72. The maximum atomic E-state index is 7.44. The first-order valence-corrected chi connectivity index (χ1v) is 7.91. The molecule has 0 amide bonds. The van der Waals surface area contributed by atoms with Gasteiger partial charge in [0.15, 0.2) is 0 Å². The maximum absolute atomic E-state index is 7.44. The molecule has 4 heteroatoms. The zero-order valence-corrected chi connectivity index (χ0v) is 17.2. The minimum Gasteiger partial charge on any atom is -0.702 e. The summed E-state index contributed by atoms with van der Waals surface area (Å²) in [5, 5.41) is 0. The van der Waals surface area contributed by atoms with E-state index in [1.807, 2.05) is 18.2 Å². The van der Waals surface area contributed by atoms with E-state index in [0.717, 1.165) is 16.3 Å². The number of hydrogen-bond acceptors (Lipinski definition) is 2. The molecule has 0 aromatic carbocycles. The van der Waals surface area contributed by atoms with Crippen LogP contribution >= 0.6 is 11.3 Å². The van der Waals surface area contributed by atoms with Gasteiger partial charge in [-0.3, -0.25) is 6.58 Å². The molecule has 2 heterocycles. The van der Waals surface area contributed by atoms with Crippen molar-refractivity contribution < 1.29 is 21.1 Å². The second-order valence-electron chi connectivity index (χ2n) is 5.98. The van der Waals surface area contributed by atoms with Crippen molar-refractivity contribution in [3.8, 4) is 10.6 Å². The van der Waals surface area contributed by atoms with E-state index >= 15 is 0 Å². The minimum absolute atomic E-state index is 0. The molecule has 2 nitrogen and oxygen atoms in total. The SMILES string of the molecule is C=C([NH-])Cc1cccc(-c2[c-]cc(C(C)(C)C)s2)n1.C=[C-]C.[Pt]. The number of nitrogens with one attached hydrogen (secondary N) is 1. The van der Waals surface area contributed by atoms with E-state index in [-0.39, 0.29) is 26.5 Å². The van der Waals surface area contributed by atoms with Crippen LogP contribution in [0.2, 0.25) is 0 Å². The van der Waals surface area contributed by atoms with E-state index in [9.17, 15) is 0 Å². The summed E-state index contributed by atoms with van der Waals surface area (Å²) in [6.07, 6.45) is 3.01. The Balaban J connectivity index is 0.00000112. The Hall–Kier alpha value is -1.18. The summed E-state index contributed by atoms with van der Waals surface area (Å²) in [6.45, 7) is 15.2. The summed E-state index contributed by atoms with van der Waals surface area (Å²) in [6, 6.07) is 11.2. The van der Waals surface area contributed by atoms with Crippen molar-refractivity contribution in [1.82, 2.24) is 4.98 Å². The van der Waals surface area contributed by atoms with Gasteiger partial charge < -0.3 is 16.8 Å². The molecule has 0 radical (unpaired) electrons. The number of rotatable bonds is 3. The molecular weight excluding hydrogens is 483 g/mol. The zero-order chi connectivity index (χ0) is 16.8. The average molecular weight is 507 g/mol. The smallest absolute Gasteiger partial charge is 0.0286 e. The van der Waals surface area contributed by atoms with Gasteiger partial charge in [0.25, 0.3) is 0 Å². The van der Waals surface area contributed by atoms with Gasteiger partial charge in [-0.15, -0.1) is 6.58 Å². The molecule has 0 unspecified atom stereocenters. The fourth-order valence-electron chi connectivity index (χ4n) is 1.72. The maximum Gasteiger partial charge on any atom is 0.0286 e. The van der Waals surface area contributed by atoms with Gasteiger partial charge in [-0.05, 0) is 23.6 Å². The van der Waals surface area contributed by atoms with Crippen LogP contribution in [0.25, 0.3) is 16.3 Å². The van der Waals surface area contributed by atoms with Crippen LogP contribution in [-0.2, 0) is 32.9 Å². The summed E-state index contributed by atoms with van der Waals surface area (Å²) in [5.74, 6) is 0. The normalized spacial score (nSPS) is 10.1. The van der Waals surface area contributed by atoms with Gasteiger partial charge in [0, 0.05) is 26.8 Å². The third kappa shape index (κ3) is 7.28. The van der Waals surface area contributed by atoms with Crippen LogP contribution in [0.15, 0.2) is 43.1 Å². The molecule has 128 valence electrons. The van der Waals surface area contributed by atoms with Gasteiger partial charge in [0.2, 0.25) is 0 Å². The van der Waals surface area contributed by atoms with Crippen LogP contribution in [0.3, 0.4) is 0 Å². The first kappa shape index (κ1) is 21.8. The monoisotopic (exact) mass is 506 g/mol. The van der Waals surface area contributed by atoms with Crippen LogP contribution in [0.1, 0.15) is 38.3 Å². The first-order chi connectivity index (χ1) is 10.3. The second-order valence-corrected chi connectivity index (χ2v) is 7.03. The average Bonchev–Trinajstić information content (AvgIpc) is 2.88. The van der Waals surface area contributed by atoms with E-state index in [4.69, 9.17) is 5.73 Å². The minimum atomic E-state index is 0. The van der Waals surface area contributed by atoms with E-state index < -0.39 is 0 Å². The fourth-order valence-corrected chi connectivity index (χ4v) is 2.70. The molecule has 0 bridgehead atoms. The third-order valence-corrected chi connectivity index (χ3v) is 4.20. The first-order valence-electron chi connectivity index (χ1n) is 7.09. The molecular formula is C19H23N2PtS-3. The molecule has 0 saturated heterocycles. The van der Waals surface area contributed by atoms with Gasteiger partial charge in [-0.1, -0.05) is 42.7 Å². The fraction of sp³-hybridized carbons (Fsp3) is 0.316. The Morgan fingerprint density at radius 1 is 1.39 bits per heavy atom. The van der Waals surface area contributed by atoms with Crippen molar-refractivity contribution >= 4 is 11.3 Å². The van der Waals surface area contributed by atoms with Crippen molar-refractivity contribution in [2.24, 2.45) is 0 Å². The van der Waals surface area contributed by atoms with Gasteiger partial charge in [-0.2, -0.15) is 24.8 Å². The topological polar surface area (TPSA) is 36.7 Å². The van der Waals surface area contributed by atoms with Crippen LogP contribution in [0.5, 0.6) is 0 Å². The van der Waals surface area contributed by atoms with Crippen LogP contribution < -0.4 is 0 Å². The van der Waals surface area contributed by atoms with Crippen molar-refractivity contribution in [2.45, 2.75) is 39.5 Å². The Kier molecular flexibility index (Phi) is 9.34. The molecule has 2 aromatic heterocycles. The summed E-state index contributed by atoms with van der Waals surface area (Å²) < 4.78 is 0. The molecule has 2 aromatic rings. The largest absolute Gasteiger partial charge is 0.702 e. The van der Waals surface area contributed by atoms with Crippen LogP contribution in [-0.4, -0.2) is 4.98 Å². The Morgan fingerprint density at radius 2 is 2.00 bits per heavy atom. The number of thiophene rings is 1. The van der Waals surface area contributed by atoms with E-state index in [0.29, 0.717) is 12.1 Å². The molecule has 0 fully saturated rings. The zero-order valence-electron chi connectivity index (χ0n) is 14.1. The Labute approximate surface area is 158 Å². The van der Waals surface area contributed by atoms with Crippen molar-refractivity contribution in [3.63, 3.8) is 0 Å². The molecule has 0 atom stereocenters. The van der Waals surface area contributed by atoms with E-state index in [2.05, 4.69) is 57.1 Å². The van der Waals surface area contributed by atoms with E-state index in [1.165, 1.54) is 4.88 Å². The van der Waals surface area contributed by atoms with Gasteiger partial charge in [0.05, 0.1) is 0 Å². The van der Waals surface area contributed by atoms with Crippen molar-refractivity contribution in [3.05, 3.63) is 71.6 Å². The number of hydrogen-bond donors (Lipinski definition) is 0. The Morgan fingerprint density at radius 3 is 2.48 bits per heavy atom. The number of allylic oxidation sites excluding steroid dienone is 2. The van der Waals surface area contributed by atoms with Gasteiger partial charge in [0.1, 0.15) is 0 Å². The molecule has 0 aliphatic rings. The van der Waals surface area contributed by atoms with E-state index in [1.54, 1.807) is 18.3 Å². The number of nitrogens with zero attached hydrogens (tertiary/aromatic N) is 1. The molecule has 23 heavy (non-hydrogen) atoms. The summed E-state index contributed by atoms with van der Waals surface area (Å²) in [5.41, 5.74) is 9.78. The van der Waals surface area contributed by atoms with Gasteiger partial charge in [-0.25, -0.2) is 11.3 Å². The summed E-state index contributed by atoms with van der Waals surface area (Å²) >= 11 is 1.73. The molecule has 2 rings (SSSR count). The predicted octanol–water partition coefficient (Wildman–Crippen LogP) is 6.01. The molecule has 0 saturated carbocycles. The van der Waals surface area contributed by atoms with Gasteiger partial charge >= 0.3 is 0 Å². The summed E-state index contributed by atoms with van der Waals surface area (Å²) in [4.78, 5) is 6.94. The van der Waals surface area contributed by atoms with Crippen molar-refractivity contribution in [2.75, 3.05) is 0 Å². The quantitative estimate of drug-likeness (QED) is 0.470. The molecule has 0 spiro atoms. The van der Waals surface area contributed by atoms with Crippen LogP contribution in [0, 0.1) is 12.1 Å².